The Bertz CT molecular complexity index is 915. The molecule has 32 heavy (non-hydrogen) atoms. The number of anilines is 2. The standard InChI is InChI=1S/C24H35N5O3/c1-24(2,3)32-23(30)26-10-6-18-7-11-29(12-8-18)22-19-5-4-9-25-20(19)17-21(27-22)28-13-15-31-16-14-28/h4-5,9,17-18H,6-8,10-16H2,1-3H3,(H,26,30). The van der Waals surface area contributed by atoms with Gasteiger partial charge in [0.1, 0.15) is 17.2 Å². The molecule has 4 rings (SSSR count). The van der Waals surface area contributed by atoms with Crippen molar-refractivity contribution in [2.45, 2.75) is 45.6 Å². The minimum Gasteiger partial charge on any atom is -0.444 e. The van der Waals surface area contributed by atoms with Crippen LogP contribution in [0.3, 0.4) is 0 Å². The Labute approximate surface area is 190 Å². The zero-order chi connectivity index (χ0) is 22.6. The van der Waals surface area contributed by atoms with Crippen LogP contribution in [-0.2, 0) is 9.47 Å². The Kier molecular flexibility index (Phi) is 6.98. The summed E-state index contributed by atoms with van der Waals surface area (Å²) in [4.78, 5) is 26.2. The highest BCUT2D eigenvalue weighted by Gasteiger charge is 2.24. The first kappa shape index (κ1) is 22.6. The minimum absolute atomic E-state index is 0.335. The summed E-state index contributed by atoms with van der Waals surface area (Å²) in [6.07, 6.45) is 4.65. The van der Waals surface area contributed by atoms with Gasteiger partial charge in [0, 0.05) is 50.4 Å². The van der Waals surface area contributed by atoms with Gasteiger partial charge in [-0.25, -0.2) is 9.78 Å². The molecule has 0 aromatic carbocycles. The Morgan fingerprint density at radius 3 is 2.66 bits per heavy atom. The number of hydrogen-bond donors (Lipinski definition) is 1. The molecular formula is C24H35N5O3. The second-order valence-electron chi connectivity index (χ2n) is 9.62. The number of fused-ring (bicyclic) bond motifs is 1. The summed E-state index contributed by atoms with van der Waals surface area (Å²) in [5.41, 5.74) is 0.526. The summed E-state index contributed by atoms with van der Waals surface area (Å²) < 4.78 is 10.8. The third-order valence-electron chi connectivity index (χ3n) is 6.04. The van der Waals surface area contributed by atoms with Crippen molar-refractivity contribution < 1.29 is 14.3 Å². The van der Waals surface area contributed by atoms with Crippen LogP contribution in [0.4, 0.5) is 16.4 Å². The van der Waals surface area contributed by atoms with Gasteiger partial charge < -0.3 is 24.6 Å². The SMILES string of the molecule is CC(C)(C)OC(=O)NCCC1CCN(c2nc(N3CCOCC3)cc3ncccc23)CC1. The summed E-state index contributed by atoms with van der Waals surface area (Å²) >= 11 is 0. The number of nitrogens with zero attached hydrogens (tertiary/aromatic N) is 4. The number of nitrogens with one attached hydrogen (secondary N) is 1. The zero-order valence-electron chi connectivity index (χ0n) is 19.5. The van der Waals surface area contributed by atoms with Gasteiger partial charge in [0.25, 0.3) is 0 Å². The van der Waals surface area contributed by atoms with Gasteiger partial charge in [0.15, 0.2) is 0 Å². The molecule has 0 unspecified atom stereocenters. The molecule has 0 bridgehead atoms. The van der Waals surface area contributed by atoms with Gasteiger partial charge in [-0.1, -0.05) is 0 Å². The monoisotopic (exact) mass is 441 g/mol. The number of alkyl carbamates (subject to hydrolysis) is 1. The van der Waals surface area contributed by atoms with E-state index in [1.165, 1.54) is 0 Å². The number of amides is 1. The Morgan fingerprint density at radius 1 is 1.19 bits per heavy atom. The molecule has 0 atom stereocenters. The molecule has 0 spiro atoms. The Hall–Kier alpha value is -2.61. The predicted molar refractivity (Wildman–Crippen MR) is 126 cm³/mol. The molecule has 2 aromatic rings. The fourth-order valence-corrected chi connectivity index (χ4v) is 4.37. The van der Waals surface area contributed by atoms with Crippen LogP contribution in [0.15, 0.2) is 24.4 Å². The van der Waals surface area contributed by atoms with Crippen LogP contribution in [-0.4, -0.2) is 67.6 Å². The van der Waals surface area contributed by atoms with E-state index in [4.69, 9.17) is 14.5 Å². The van der Waals surface area contributed by atoms with Gasteiger partial charge in [-0.2, -0.15) is 0 Å². The number of pyridine rings is 2. The molecule has 2 aromatic heterocycles. The lowest BCUT2D eigenvalue weighted by Gasteiger charge is -2.35. The number of rotatable bonds is 5. The van der Waals surface area contributed by atoms with Crippen molar-refractivity contribution in [2.75, 3.05) is 55.7 Å². The molecule has 8 heteroatoms. The van der Waals surface area contributed by atoms with E-state index in [-0.39, 0.29) is 6.09 Å². The summed E-state index contributed by atoms with van der Waals surface area (Å²) in [6, 6.07) is 6.20. The van der Waals surface area contributed by atoms with Gasteiger partial charge in [0.05, 0.1) is 18.7 Å². The van der Waals surface area contributed by atoms with Crippen molar-refractivity contribution >= 4 is 28.6 Å². The number of carbonyl (C=O) groups excluding carboxylic acids is 1. The maximum atomic E-state index is 11.9. The van der Waals surface area contributed by atoms with Crippen LogP contribution in [0, 0.1) is 5.92 Å². The highest BCUT2D eigenvalue weighted by atomic mass is 16.6. The van der Waals surface area contributed by atoms with Crippen LogP contribution in [0.25, 0.3) is 10.9 Å². The lowest BCUT2D eigenvalue weighted by Crippen LogP contribution is -2.38. The quantitative estimate of drug-likeness (QED) is 0.759. The first-order chi connectivity index (χ1) is 15.4. The fourth-order valence-electron chi connectivity index (χ4n) is 4.37. The maximum Gasteiger partial charge on any atom is 0.407 e. The van der Waals surface area contributed by atoms with E-state index in [1.54, 1.807) is 0 Å². The van der Waals surface area contributed by atoms with Gasteiger partial charge in [-0.3, -0.25) is 4.98 Å². The van der Waals surface area contributed by atoms with E-state index in [0.717, 1.165) is 81.2 Å². The van der Waals surface area contributed by atoms with Crippen molar-refractivity contribution in [1.82, 2.24) is 15.3 Å². The fraction of sp³-hybridized carbons (Fsp3) is 0.625. The zero-order valence-corrected chi connectivity index (χ0v) is 19.5. The molecule has 2 saturated heterocycles. The molecule has 0 saturated carbocycles. The highest BCUT2D eigenvalue weighted by molar-refractivity contribution is 5.91. The summed E-state index contributed by atoms with van der Waals surface area (Å²) in [6.45, 7) is 11.4. The number of ether oxygens (including phenoxy) is 2. The first-order valence-electron chi connectivity index (χ1n) is 11.7. The van der Waals surface area contributed by atoms with Crippen molar-refractivity contribution in [3.63, 3.8) is 0 Å². The summed E-state index contributed by atoms with van der Waals surface area (Å²) in [5, 5.41) is 3.99. The topological polar surface area (TPSA) is 79.8 Å². The van der Waals surface area contributed by atoms with Gasteiger partial charge >= 0.3 is 6.09 Å². The minimum atomic E-state index is -0.462. The van der Waals surface area contributed by atoms with Gasteiger partial charge in [-0.05, 0) is 58.1 Å². The van der Waals surface area contributed by atoms with E-state index in [0.29, 0.717) is 12.5 Å². The first-order valence-corrected chi connectivity index (χ1v) is 11.7. The van der Waals surface area contributed by atoms with E-state index in [9.17, 15) is 4.79 Å². The molecule has 2 aliphatic heterocycles. The van der Waals surface area contributed by atoms with Crippen molar-refractivity contribution in [1.29, 1.82) is 0 Å². The van der Waals surface area contributed by atoms with Crippen molar-refractivity contribution in [3.8, 4) is 0 Å². The molecule has 1 amide bonds. The normalized spacial score (nSPS) is 18.1. The molecule has 2 aliphatic rings. The van der Waals surface area contributed by atoms with Crippen LogP contribution in [0.2, 0.25) is 0 Å². The van der Waals surface area contributed by atoms with E-state index in [2.05, 4.69) is 32.2 Å². The molecule has 0 radical (unpaired) electrons. The molecule has 174 valence electrons. The van der Waals surface area contributed by atoms with Crippen LogP contribution in [0.1, 0.15) is 40.0 Å². The van der Waals surface area contributed by atoms with E-state index in [1.807, 2.05) is 33.0 Å². The molecule has 1 N–H and O–H groups in total. The molecule has 2 fully saturated rings. The van der Waals surface area contributed by atoms with Crippen molar-refractivity contribution in [2.24, 2.45) is 5.92 Å². The number of hydrogen-bond acceptors (Lipinski definition) is 7. The third kappa shape index (κ3) is 5.79. The second kappa shape index (κ2) is 9.90. The predicted octanol–water partition coefficient (Wildman–Crippen LogP) is 3.60. The van der Waals surface area contributed by atoms with Gasteiger partial charge in [0.2, 0.25) is 0 Å². The smallest absolute Gasteiger partial charge is 0.407 e. The summed E-state index contributed by atoms with van der Waals surface area (Å²) in [5.74, 6) is 2.61. The van der Waals surface area contributed by atoms with Crippen molar-refractivity contribution in [3.05, 3.63) is 24.4 Å². The van der Waals surface area contributed by atoms with E-state index < -0.39 is 5.60 Å². The summed E-state index contributed by atoms with van der Waals surface area (Å²) in [7, 11) is 0. The van der Waals surface area contributed by atoms with Gasteiger partial charge in [-0.15, -0.1) is 0 Å². The van der Waals surface area contributed by atoms with E-state index >= 15 is 0 Å². The Balaban J connectivity index is 1.37. The molecule has 8 nitrogen and oxygen atoms in total. The highest BCUT2D eigenvalue weighted by Crippen LogP contribution is 2.31. The Morgan fingerprint density at radius 2 is 1.94 bits per heavy atom. The van der Waals surface area contributed by atoms with Crippen LogP contribution < -0.4 is 15.1 Å². The average molecular weight is 442 g/mol. The molecule has 0 aliphatic carbocycles. The number of morpholine rings is 1. The number of aromatic nitrogens is 2. The number of piperidine rings is 1. The second-order valence-corrected chi connectivity index (χ2v) is 9.62. The van der Waals surface area contributed by atoms with Crippen LogP contribution >= 0.6 is 0 Å². The van der Waals surface area contributed by atoms with Crippen LogP contribution in [0.5, 0.6) is 0 Å². The largest absolute Gasteiger partial charge is 0.444 e. The third-order valence-corrected chi connectivity index (χ3v) is 6.04. The maximum absolute atomic E-state index is 11.9. The average Bonchev–Trinajstić information content (AvgIpc) is 2.78. The lowest BCUT2D eigenvalue weighted by atomic mass is 9.93. The lowest BCUT2D eigenvalue weighted by molar-refractivity contribution is 0.0524. The number of carbonyl (C=O) groups is 1. The molecule has 4 heterocycles. The molecular weight excluding hydrogens is 406 g/mol.